The first-order chi connectivity index (χ1) is 10.3. The molecule has 6 heteroatoms. The van der Waals surface area contributed by atoms with E-state index in [1.165, 1.54) is 42.5 Å². The van der Waals surface area contributed by atoms with Gasteiger partial charge in [0.2, 0.25) is 0 Å². The normalized spacial score (nSPS) is 15.0. The van der Waals surface area contributed by atoms with E-state index in [9.17, 15) is 4.79 Å². The summed E-state index contributed by atoms with van der Waals surface area (Å²) >= 11 is 1.67. The van der Waals surface area contributed by atoms with Gasteiger partial charge in [-0.25, -0.2) is 4.98 Å². The number of thiophene rings is 1. The highest BCUT2D eigenvalue weighted by molar-refractivity contribution is 7.14. The molecule has 0 fully saturated rings. The Hall–Kier alpha value is -1.69. The van der Waals surface area contributed by atoms with Crippen LogP contribution in [0.3, 0.4) is 0 Å². The standard InChI is InChI=1S/C15H20N4OS/c20-15(16-8-7-14-17-10-18-19-14)13-9-11-5-3-1-2-4-6-12(11)21-13/h9-10H,1-8H2,(H,16,20)(H,17,18,19). The summed E-state index contributed by atoms with van der Waals surface area (Å²) in [6.45, 7) is 0.580. The van der Waals surface area contributed by atoms with Crippen LogP contribution in [0.25, 0.3) is 0 Å². The Kier molecular flexibility index (Phi) is 4.65. The molecule has 2 heterocycles. The third-order valence-corrected chi connectivity index (χ3v) is 5.07. The summed E-state index contributed by atoms with van der Waals surface area (Å²) in [7, 11) is 0. The summed E-state index contributed by atoms with van der Waals surface area (Å²) in [5, 5.41) is 9.55. The Morgan fingerprint density at radius 3 is 2.95 bits per heavy atom. The van der Waals surface area contributed by atoms with Gasteiger partial charge >= 0.3 is 0 Å². The Labute approximate surface area is 128 Å². The molecule has 5 nitrogen and oxygen atoms in total. The van der Waals surface area contributed by atoms with Gasteiger partial charge in [0.1, 0.15) is 12.2 Å². The molecule has 0 atom stereocenters. The van der Waals surface area contributed by atoms with Crippen LogP contribution in [-0.2, 0) is 19.3 Å². The molecular weight excluding hydrogens is 284 g/mol. The largest absolute Gasteiger partial charge is 0.351 e. The zero-order valence-corrected chi connectivity index (χ0v) is 12.8. The number of fused-ring (bicyclic) bond motifs is 1. The number of hydrogen-bond donors (Lipinski definition) is 2. The molecule has 2 aromatic rings. The summed E-state index contributed by atoms with van der Waals surface area (Å²) in [6.07, 6.45) is 9.54. The van der Waals surface area contributed by atoms with Gasteiger partial charge in [0.25, 0.3) is 5.91 Å². The van der Waals surface area contributed by atoms with Gasteiger partial charge < -0.3 is 5.32 Å². The average Bonchev–Trinajstić information content (AvgIpc) is 3.09. The summed E-state index contributed by atoms with van der Waals surface area (Å²) in [5.74, 6) is 0.833. The van der Waals surface area contributed by atoms with E-state index in [0.29, 0.717) is 13.0 Å². The van der Waals surface area contributed by atoms with Crippen LogP contribution >= 0.6 is 11.3 Å². The Morgan fingerprint density at radius 2 is 2.14 bits per heavy atom. The van der Waals surface area contributed by atoms with E-state index in [0.717, 1.165) is 23.5 Å². The predicted molar refractivity (Wildman–Crippen MR) is 82.6 cm³/mol. The zero-order chi connectivity index (χ0) is 14.5. The molecule has 21 heavy (non-hydrogen) atoms. The summed E-state index contributed by atoms with van der Waals surface area (Å²) < 4.78 is 0. The van der Waals surface area contributed by atoms with Gasteiger partial charge in [0.15, 0.2) is 0 Å². The second kappa shape index (κ2) is 6.85. The number of H-pyrrole nitrogens is 1. The average molecular weight is 304 g/mol. The zero-order valence-electron chi connectivity index (χ0n) is 12.0. The quantitative estimate of drug-likeness (QED) is 0.911. The van der Waals surface area contributed by atoms with Crippen LogP contribution in [0, 0.1) is 0 Å². The number of nitrogens with one attached hydrogen (secondary N) is 2. The molecule has 2 aromatic heterocycles. The van der Waals surface area contributed by atoms with Crippen LogP contribution in [0.5, 0.6) is 0 Å². The van der Waals surface area contributed by atoms with Crippen molar-refractivity contribution in [1.82, 2.24) is 20.5 Å². The van der Waals surface area contributed by atoms with Gasteiger partial charge in [-0.05, 0) is 37.3 Å². The fourth-order valence-corrected chi connectivity index (χ4v) is 3.86. The van der Waals surface area contributed by atoms with Gasteiger partial charge in [-0.15, -0.1) is 11.3 Å². The molecule has 0 saturated heterocycles. The van der Waals surface area contributed by atoms with Gasteiger partial charge in [0, 0.05) is 17.8 Å². The lowest BCUT2D eigenvalue weighted by molar-refractivity contribution is 0.0958. The van der Waals surface area contributed by atoms with Crippen molar-refractivity contribution >= 4 is 17.2 Å². The van der Waals surface area contributed by atoms with Crippen molar-refractivity contribution in [2.24, 2.45) is 0 Å². The van der Waals surface area contributed by atoms with Crippen molar-refractivity contribution < 1.29 is 4.79 Å². The molecule has 0 spiro atoms. The van der Waals surface area contributed by atoms with E-state index in [2.05, 4.69) is 26.6 Å². The van der Waals surface area contributed by atoms with Crippen molar-refractivity contribution in [3.63, 3.8) is 0 Å². The first-order valence-corrected chi connectivity index (χ1v) is 8.38. The van der Waals surface area contributed by atoms with Gasteiger partial charge in [-0.2, -0.15) is 5.10 Å². The number of nitrogens with zero attached hydrogens (tertiary/aromatic N) is 2. The monoisotopic (exact) mass is 304 g/mol. The van der Waals surface area contributed by atoms with Crippen molar-refractivity contribution in [3.8, 4) is 0 Å². The minimum Gasteiger partial charge on any atom is -0.351 e. The van der Waals surface area contributed by atoms with Crippen molar-refractivity contribution in [1.29, 1.82) is 0 Å². The molecule has 1 aliphatic rings. The Morgan fingerprint density at radius 1 is 1.29 bits per heavy atom. The third-order valence-electron chi connectivity index (χ3n) is 3.83. The van der Waals surface area contributed by atoms with E-state index in [4.69, 9.17) is 0 Å². The summed E-state index contributed by atoms with van der Waals surface area (Å²) in [4.78, 5) is 18.5. The van der Waals surface area contributed by atoms with E-state index >= 15 is 0 Å². The molecule has 0 radical (unpaired) electrons. The molecule has 1 aliphatic carbocycles. The van der Waals surface area contributed by atoms with Crippen LogP contribution in [0.2, 0.25) is 0 Å². The maximum Gasteiger partial charge on any atom is 0.261 e. The molecule has 1 amide bonds. The van der Waals surface area contributed by atoms with E-state index in [-0.39, 0.29) is 5.91 Å². The topological polar surface area (TPSA) is 70.7 Å². The molecule has 0 aromatic carbocycles. The SMILES string of the molecule is O=C(NCCc1ncn[nH]1)c1cc2c(s1)CCCCCC2. The molecule has 0 saturated carbocycles. The summed E-state index contributed by atoms with van der Waals surface area (Å²) in [6, 6.07) is 2.09. The molecule has 112 valence electrons. The molecular formula is C15H20N4OS. The van der Waals surface area contributed by atoms with E-state index in [1.54, 1.807) is 11.3 Å². The maximum atomic E-state index is 12.2. The maximum absolute atomic E-state index is 12.2. The van der Waals surface area contributed by atoms with Crippen LogP contribution < -0.4 is 5.32 Å². The number of carbonyl (C=O) groups excluding carboxylic acids is 1. The van der Waals surface area contributed by atoms with Crippen molar-refractivity contribution in [2.45, 2.75) is 44.9 Å². The number of carbonyl (C=O) groups is 1. The fourth-order valence-electron chi connectivity index (χ4n) is 2.69. The lowest BCUT2D eigenvalue weighted by atomic mass is 10.00. The molecule has 2 N–H and O–H groups in total. The van der Waals surface area contributed by atoms with Crippen LogP contribution in [0.4, 0.5) is 0 Å². The number of hydrogen-bond acceptors (Lipinski definition) is 4. The van der Waals surface area contributed by atoms with Crippen molar-refractivity contribution in [3.05, 3.63) is 33.5 Å². The Bertz CT molecular complexity index is 565. The number of amides is 1. The van der Waals surface area contributed by atoms with Crippen LogP contribution in [-0.4, -0.2) is 27.6 Å². The molecule has 0 aliphatic heterocycles. The lowest BCUT2D eigenvalue weighted by Crippen LogP contribution is -2.25. The Balaban J connectivity index is 1.58. The van der Waals surface area contributed by atoms with E-state index in [1.807, 2.05) is 0 Å². The first-order valence-electron chi connectivity index (χ1n) is 7.57. The highest BCUT2D eigenvalue weighted by Gasteiger charge is 2.15. The molecule has 0 unspecified atom stereocenters. The van der Waals surface area contributed by atoms with Gasteiger partial charge in [-0.3, -0.25) is 9.89 Å². The number of rotatable bonds is 4. The van der Waals surface area contributed by atoms with Crippen LogP contribution in [0.1, 0.15) is 51.6 Å². The smallest absolute Gasteiger partial charge is 0.261 e. The number of aromatic amines is 1. The summed E-state index contributed by atoms with van der Waals surface area (Å²) in [5.41, 5.74) is 1.39. The number of aryl methyl sites for hydroxylation is 2. The highest BCUT2D eigenvalue weighted by atomic mass is 32.1. The van der Waals surface area contributed by atoms with E-state index < -0.39 is 0 Å². The second-order valence-electron chi connectivity index (χ2n) is 5.41. The van der Waals surface area contributed by atoms with Gasteiger partial charge in [-0.1, -0.05) is 12.8 Å². The molecule has 0 bridgehead atoms. The predicted octanol–water partition coefficient (Wildman–Crippen LogP) is 2.50. The van der Waals surface area contributed by atoms with Crippen molar-refractivity contribution in [2.75, 3.05) is 6.54 Å². The second-order valence-corrected chi connectivity index (χ2v) is 6.55. The van der Waals surface area contributed by atoms with Gasteiger partial charge in [0.05, 0.1) is 4.88 Å². The minimum absolute atomic E-state index is 0.0336. The minimum atomic E-state index is 0.0336. The first kappa shape index (κ1) is 14.3. The third kappa shape index (κ3) is 3.69. The number of aromatic nitrogens is 3. The molecule has 3 rings (SSSR count). The fraction of sp³-hybridized carbons (Fsp3) is 0.533. The van der Waals surface area contributed by atoms with Crippen LogP contribution in [0.15, 0.2) is 12.4 Å². The lowest BCUT2D eigenvalue weighted by Gasteiger charge is -2.07. The highest BCUT2D eigenvalue weighted by Crippen LogP contribution is 2.28.